The van der Waals surface area contributed by atoms with E-state index in [1.54, 1.807) is 18.0 Å². The summed E-state index contributed by atoms with van der Waals surface area (Å²) in [5, 5.41) is 4.05. The van der Waals surface area contributed by atoms with Gasteiger partial charge < -0.3 is 10.2 Å². The van der Waals surface area contributed by atoms with E-state index in [4.69, 9.17) is 0 Å². The Morgan fingerprint density at radius 1 is 1.24 bits per heavy atom. The summed E-state index contributed by atoms with van der Waals surface area (Å²) in [7, 11) is 0. The molecule has 1 atom stereocenters. The molecule has 0 radical (unpaired) electrons. The van der Waals surface area contributed by atoms with Crippen LogP contribution in [-0.2, 0) is 0 Å². The average molecular weight is 359 g/mol. The average Bonchev–Trinajstić information content (AvgIpc) is 3.11. The maximum absolute atomic E-state index is 12.5. The summed E-state index contributed by atoms with van der Waals surface area (Å²) in [4.78, 5) is 19.2. The van der Waals surface area contributed by atoms with Crippen molar-refractivity contribution in [1.29, 1.82) is 0 Å². The van der Waals surface area contributed by atoms with Crippen molar-refractivity contribution in [3.8, 4) is 5.69 Å². The highest BCUT2D eigenvalue weighted by Gasteiger charge is 2.16. The normalized spacial score (nSPS) is 16.6. The van der Waals surface area contributed by atoms with Crippen molar-refractivity contribution in [2.75, 3.05) is 25.9 Å². The van der Waals surface area contributed by atoms with E-state index in [0.29, 0.717) is 5.56 Å². The van der Waals surface area contributed by atoms with Crippen LogP contribution in [0.3, 0.4) is 0 Å². The van der Waals surface area contributed by atoms with Gasteiger partial charge in [0.05, 0.1) is 0 Å². The van der Waals surface area contributed by atoms with Crippen LogP contribution in [-0.4, -0.2) is 52.3 Å². The number of piperidine rings is 1. The number of hydrogen-bond donors (Lipinski definition) is 1. The first-order valence-electron chi connectivity index (χ1n) is 8.88. The molecule has 1 amide bonds. The number of carbonyl (C=O) groups is 1. The van der Waals surface area contributed by atoms with Crippen LogP contribution >= 0.6 is 11.8 Å². The predicted molar refractivity (Wildman–Crippen MR) is 103 cm³/mol. The van der Waals surface area contributed by atoms with Crippen molar-refractivity contribution < 1.29 is 4.79 Å². The lowest BCUT2D eigenvalue weighted by Gasteiger charge is -2.29. The molecule has 1 aliphatic rings. The van der Waals surface area contributed by atoms with E-state index in [0.717, 1.165) is 30.5 Å². The van der Waals surface area contributed by atoms with Gasteiger partial charge in [-0.15, -0.1) is 0 Å². The fourth-order valence-electron chi connectivity index (χ4n) is 3.29. The second kappa shape index (κ2) is 8.54. The molecule has 3 rings (SSSR count). The first kappa shape index (κ1) is 18.0. The monoisotopic (exact) mass is 358 g/mol. The summed E-state index contributed by atoms with van der Waals surface area (Å²) >= 11 is 1.60. The van der Waals surface area contributed by atoms with Crippen molar-refractivity contribution >= 4 is 17.7 Å². The minimum atomic E-state index is -0.00761. The first-order valence-corrected chi connectivity index (χ1v) is 10.1. The Morgan fingerprint density at radius 2 is 1.96 bits per heavy atom. The minimum Gasteiger partial charge on any atom is -0.348 e. The zero-order chi connectivity index (χ0) is 17.6. The molecule has 2 heterocycles. The highest BCUT2D eigenvalue weighted by molar-refractivity contribution is 7.98. The highest BCUT2D eigenvalue weighted by atomic mass is 32.2. The number of amides is 1. The van der Waals surface area contributed by atoms with Gasteiger partial charge in [0.1, 0.15) is 0 Å². The van der Waals surface area contributed by atoms with Crippen LogP contribution in [0.5, 0.6) is 0 Å². The molecule has 2 aromatic rings. The maximum Gasteiger partial charge on any atom is 0.251 e. The number of hydrogen-bond acceptors (Lipinski definition) is 4. The van der Waals surface area contributed by atoms with Crippen LogP contribution in [0.25, 0.3) is 5.69 Å². The van der Waals surface area contributed by atoms with Gasteiger partial charge in [-0.1, -0.05) is 18.2 Å². The predicted octanol–water partition coefficient (Wildman–Crippen LogP) is 3.20. The van der Waals surface area contributed by atoms with Gasteiger partial charge in [0.15, 0.2) is 5.16 Å². The number of carbonyl (C=O) groups excluding carboxylic acids is 1. The Hall–Kier alpha value is -1.79. The summed E-state index contributed by atoms with van der Waals surface area (Å²) in [6, 6.07) is 7.84. The van der Waals surface area contributed by atoms with Crippen LogP contribution in [0.4, 0.5) is 0 Å². The van der Waals surface area contributed by atoms with Gasteiger partial charge in [0, 0.05) is 36.2 Å². The second-order valence-corrected chi connectivity index (χ2v) is 7.34. The molecule has 1 aromatic carbocycles. The molecule has 0 aliphatic carbocycles. The van der Waals surface area contributed by atoms with Crippen LogP contribution in [0, 0.1) is 0 Å². The molecule has 6 heteroatoms. The van der Waals surface area contributed by atoms with Crippen molar-refractivity contribution in [2.24, 2.45) is 0 Å². The standard InChI is InChI=1S/C19H26N4OS/c1-15(14-22-11-4-3-5-12-22)21-18(24)16-6-8-17(9-7-16)23-13-10-20-19(23)25-2/h6-10,13,15H,3-5,11-12,14H2,1-2H3,(H,21,24). The molecule has 1 aliphatic heterocycles. The van der Waals surface area contributed by atoms with E-state index in [1.165, 1.54) is 19.3 Å². The van der Waals surface area contributed by atoms with Crippen molar-refractivity contribution in [1.82, 2.24) is 19.8 Å². The Bertz CT molecular complexity index is 692. The van der Waals surface area contributed by atoms with E-state index >= 15 is 0 Å². The fraction of sp³-hybridized carbons (Fsp3) is 0.474. The highest BCUT2D eigenvalue weighted by Crippen LogP contribution is 2.18. The molecule has 1 N–H and O–H groups in total. The molecule has 0 bridgehead atoms. The quantitative estimate of drug-likeness (QED) is 0.806. The number of nitrogens with one attached hydrogen (secondary N) is 1. The number of nitrogens with zero attached hydrogens (tertiary/aromatic N) is 3. The Balaban J connectivity index is 1.58. The number of benzene rings is 1. The van der Waals surface area contributed by atoms with E-state index in [9.17, 15) is 4.79 Å². The molecule has 0 saturated carbocycles. The molecule has 1 fully saturated rings. The van der Waals surface area contributed by atoms with Gasteiger partial charge in [-0.3, -0.25) is 9.36 Å². The number of thioether (sulfide) groups is 1. The Morgan fingerprint density at radius 3 is 2.64 bits per heavy atom. The van der Waals surface area contributed by atoms with Crippen LogP contribution in [0.2, 0.25) is 0 Å². The number of likely N-dealkylation sites (tertiary alicyclic amines) is 1. The van der Waals surface area contributed by atoms with E-state index in [-0.39, 0.29) is 11.9 Å². The van der Waals surface area contributed by atoms with Crippen LogP contribution < -0.4 is 5.32 Å². The summed E-state index contributed by atoms with van der Waals surface area (Å²) in [5.41, 5.74) is 1.71. The van der Waals surface area contributed by atoms with Gasteiger partial charge >= 0.3 is 0 Å². The molecule has 5 nitrogen and oxygen atoms in total. The van der Waals surface area contributed by atoms with Gasteiger partial charge in [-0.05, 0) is 63.4 Å². The lowest BCUT2D eigenvalue weighted by Crippen LogP contribution is -2.43. The van der Waals surface area contributed by atoms with E-state index in [2.05, 4.69) is 22.1 Å². The Labute approximate surface area is 153 Å². The van der Waals surface area contributed by atoms with Gasteiger partial charge in [0.2, 0.25) is 0 Å². The summed E-state index contributed by atoms with van der Waals surface area (Å²) in [5.74, 6) is -0.00761. The van der Waals surface area contributed by atoms with Gasteiger partial charge in [-0.25, -0.2) is 4.98 Å². The molecular formula is C19H26N4OS. The third-order valence-corrected chi connectivity index (χ3v) is 5.22. The van der Waals surface area contributed by atoms with Crippen molar-refractivity contribution in [2.45, 2.75) is 37.4 Å². The minimum absolute atomic E-state index is 0.00761. The molecule has 1 aromatic heterocycles. The maximum atomic E-state index is 12.5. The number of imidazole rings is 1. The summed E-state index contributed by atoms with van der Waals surface area (Å²) in [6.07, 6.45) is 9.60. The molecule has 0 spiro atoms. The lowest BCUT2D eigenvalue weighted by molar-refractivity contribution is 0.0925. The molecule has 1 saturated heterocycles. The van der Waals surface area contributed by atoms with Crippen molar-refractivity contribution in [3.63, 3.8) is 0 Å². The molecule has 134 valence electrons. The first-order chi connectivity index (χ1) is 12.2. The van der Waals surface area contributed by atoms with E-state index in [1.807, 2.05) is 41.3 Å². The largest absolute Gasteiger partial charge is 0.348 e. The zero-order valence-corrected chi connectivity index (χ0v) is 15.8. The second-order valence-electron chi connectivity index (χ2n) is 6.57. The topological polar surface area (TPSA) is 50.2 Å². The molecule has 1 unspecified atom stereocenters. The van der Waals surface area contributed by atoms with Gasteiger partial charge in [0.25, 0.3) is 5.91 Å². The SMILES string of the molecule is CSc1nccn1-c1ccc(C(=O)NC(C)CN2CCCCC2)cc1. The smallest absolute Gasteiger partial charge is 0.251 e. The fourth-order valence-corrected chi connectivity index (χ4v) is 3.82. The lowest BCUT2D eigenvalue weighted by atomic mass is 10.1. The number of rotatable bonds is 6. The van der Waals surface area contributed by atoms with E-state index < -0.39 is 0 Å². The zero-order valence-electron chi connectivity index (χ0n) is 14.9. The summed E-state index contributed by atoms with van der Waals surface area (Å²) < 4.78 is 2.02. The summed E-state index contributed by atoms with van der Waals surface area (Å²) in [6.45, 7) is 5.31. The molecule has 25 heavy (non-hydrogen) atoms. The number of aromatic nitrogens is 2. The third-order valence-electron chi connectivity index (χ3n) is 4.56. The van der Waals surface area contributed by atoms with Crippen LogP contribution in [0.1, 0.15) is 36.5 Å². The van der Waals surface area contributed by atoms with Gasteiger partial charge in [-0.2, -0.15) is 0 Å². The van der Waals surface area contributed by atoms with Crippen molar-refractivity contribution in [3.05, 3.63) is 42.2 Å². The molecular weight excluding hydrogens is 332 g/mol. The Kier molecular flexibility index (Phi) is 6.15. The third kappa shape index (κ3) is 4.64. The van der Waals surface area contributed by atoms with Crippen LogP contribution in [0.15, 0.2) is 41.8 Å².